The van der Waals surface area contributed by atoms with E-state index in [1.165, 1.54) is 30.4 Å². The Balaban J connectivity index is 1.90. The number of carbonyl (C=O) groups is 1. The van der Waals surface area contributed by atoms with Crippen molar-refractivity contribution in [2.75, 3.05) is 6.54 Å². The van der Waals surface area contributed by atoms with Crippen LogP contribution in [0.2, 0.25) is 0 Å². The second kappa shape index (κ2) is 9.05. The molecule has 2 heterocycles. The molecule has 1 N–H and O–H groups in total. The summed E-state index contributed by atoms with van der Waals surface area (Å²) in [5.41, 5.74) is 7.44. The quantitative estimate of drug-likeness (QED) is 0.551. The fourth-order valence-corrected chi connectivity index (χ4v) is 3.54. The minimum atomic E-state index is 0.0601. The summed E-state index contributed by atoms with van der Waals surface area (Å²) in [7, 11) is 0. The average molecular weight is 378 g/mol. The van der Waals surface area contributed by atoms with Gasteiger partial charge in [0, 0.05) is 18.3 Å². The Morgan fingerprint density at radius 2 is 1.86 bits per heavy atom. The molecule has 148 valence electrons. The molecule has 1 amide bonds. The van der Waals surface area contributed by atoms with Crippen LogP contribution in [0.3, 0.4) is 0 Å². The number of nitrogens with one attached hydrogen (secondary N) is 1. The molecule has 0 bridgehead atoms. The summed E-state index contributed by atoms with van der Waals surface area (Å²) in [6, 6.07) is 10.5. The van der Waals surface area contributed by atoms with Gasteiger partial charge in [0.05, 0.1) is 17.8 Å². The van der Waals surface area contributed by atoms with E-state index >= 15 is 0 Å². The van der Waals surface area contributed by atoms with Crippen LogP contribution in [0.1, 0.15) is 55.0 Å². The molecule has 0 spiro atoms. The molecule has 0 radical (unpaired) electrons. The zero-order chi connectivity index (χ0) is 20.1. The van der Waals surface area contributed by atoms with Crippen LogP contribution in [0, 0.1) is 20.8 Å². The third-order valence-electron chi connectivity index (χ3n) is 5.40. The molecule has 0 aliphatic rings. The molecule has 4 heteroatoms. The molecule has 3 aromatic rings. The first kappa shape index (κ1) is 20.1. The highest BCUT2D eigenvalue weighted by Crippen LogP contribution is 2.27. The summed E-state index contributed by atoms with van der Waals surface area (Å²) in [5.74, 6) is 0.0601. The Bertz CT molecular complexity index is 971. The monoisotopic (exact) mass is 377 g/mol. The molecule has 0 aliphatic carbocycles. The van der Waals surface area contributed by atoms with Crippen LogP contribution in [0.4, 0.5) is 0 Å². The van der Waals surface area contributed by atoms with Crippen molar-refractivity contribution >= 4 is 11.6 Å². The topological polar surface area (TPSA) is 46.4 Å². The summed E-state index contributed by atoms with van der Waals surface area (Å²) in [6.45, 7) is 9.22. The number of hydrogen-bond acceptors (Lipinski definition) is 2. The van der Waals surface area contributed by atoms with E-state index in [-0.39, 0.29) is 5.91 Å². The maximum absolute atomic E-state index is 12.6. The van der Waals surface area contributed by atoms with Crippen LogP contribution in [0.15, 0.2) is 36.5 Å². The Labute approximate surface area is 168 Å². The lowest BCUT2D eigenvalue weighted by Crippen LogP contribution is -2.26. The molecule has 1 aromatic carbocycles. The second-order valence-corrected chi connectivity index (χ2v) is 7.68. The highest BCUT2D eigenvalue weighted by atomic mass is 16.1. The van der Waals surface area contributed by atoms with Crippen molar-refractivity contribution in [3.63, 3.8) is 0 Å². The molecule has 0 saturated heterocycles. The Morgan fingerprint density at radius 3 is 2.61 bits per heavy atom. The van der Waals surface area contributed by atoms with Crippen LogP contribution in [0.5, 0.6) is 0 Å². The number of amides is 1. The smallest absolute Gasteiger partial charge is 0.226 e. The minimum Gasteiger partial charge on any atom is -0.356 e. The Kier molecular flexibility index (Phi) is 6.50. The zero-order valence-corrected chi connectivity index (χ0v) is 17.5. The van der Waals surface area contributed by atoms with E-state index < -0.39 is 0 Å². The van der Waals surface area contributed by atoms with Crippen LogP contribution >= 0.6 is 0 Å². The van der Waals surface area contributed by atoms with Crippen LogP contribution in [-0.4, -0.2) is 21.8 Å². The van der Waals surface area contributed by atoms with Gasteiger partial charge in [0.2, 0.25) is 5.91 Å². The van der Waals surface area contributed by atoms with E-state index in [0.717, 1.165) is 41.1 Å². The number of imidazole rings is 1. The number of aromatic nitrogens is 2. The van der Waals surface area contributed by atoms with Crippen molar-refractivity contribution < 1.29 is 4.79 Å². The Hall–Kier alpha value is -2.62. The van der Waals surface area contributed by atoms with Gasteiger partial charge in [-0.05, 0) is 56.0 Å². The number of hydrogen-bond donors (Lipinski definition) is 1. The molecular weight excluding hydrogens is 346 g/mol. The van der Waals surface area contributed by atoms with Gasteiger partial charge in [-0.25, -0.2) is 4.98 Å². The SMILES string of the molecule is CCCCCCNC(=O)Cc1c(-c2ccc(C)c(C)c2)nc2c(C)cccn12. The maximum Gasteiger partial charge on any atom is 0.226 e. The van der Waals surface area contributed by atoms with Crippen molar-refractivity contribution in [3.8, 4) is 11.3 Å². The number of rotatable bonds is 8. The lowest BCUT2D eigenvalue weighted by atomic mass is 10.0. The zero-order valence-electron chi connectivity index (χ0n) is 17.5. The van der Waals surface area contributed by atoms with Gasteiger partial charge in [0.15, 0.2) is 0 Å². The molecule has 4 nitrogen and oxygen atoms in total. The predicted octanol–water partition coefficient (Wildman–Crippen LogP) is 5.17. The first-order chi connectivity index (χ1) is 13.5. The fraction of sp³-hybridized carbons (Fsp3) is 0.417. The van der Waals surface area contributed by atoms with Gasteiger partial charge in [-0.15, -0.1) is 0 Å². The molecule has 0 unspecified atom stereocenters. The third-order valence-corrected chi connectivity index (χ3v) is 5.40. The summed E-state index contributed by atoms with van der Waals surface area (Å²) in [4.78, 5) is 17.5. The standard InChI is InChI=1S/C24H31N3O/c1-5-6-7-8-13-25-22(28)16-21-23(20-12-11-17(2)19(4)15-20)26-24-18(3)10-9-14-27(21)24/h9-12,14-15H,5-8,13,16H2,1-4H3,(H,25,28). The molecule has 28 heavy (non-hydrogen) atoms. The summed E-state index contributed by atoms with van der Waals surface area (Å²) < 4.78 is 2.07. The molecule has 0 fully saturated rings. The van der Waals surface area contributed by atoms with Gasteiger partial charge in [-0.1, -0.05) is 44.4 Å². The van der Waals surface area contributed by atoms with E-state index in [2.05, 4.69) is 61.7 Å². The predicted molar refractivity (Wildman–Crippen MR) is 116 cm³/mol. The largest absolute Gasteiger partial charge is 0.356 e. The lowest BCUT2D eigenvalue weighted by Gasteiger charge is -2.09. The summed E-state index contributed by atoms with van der Waals surface area (Å²) in [5, 5.41) is 3.08. The molecular formula is C24H31N3O. The van der Waals surface area contributed by atoms with Crippen molar-refractivity contribution in [1.29, 1.82) is 0 Å². The van der Waals surface area contributed by atoms with Gasteiger partial charge in [0.25, 0.3) is 0 Å². The Morgan fingerprint density at radius 1 is 1.04 bits per heavy atom. The molecule has 0 atom stereocenters. The van der Waals surface area contributed by atoms with Gasteiger partial charge in [-0.2, -0.15) is 0 Å². The summed E-state index contributed by atoms with van der Waals surface area (Å²) >= 11 is 0. The van der Waals surface area contributed by atoms with Gasteiger partial charge in [-0.3, -0.25) is 4.79 Å². The van der Waals surface area contributed by atoms with Crippen LogP contribution < -0.4 is 5.32 Å². The van der Waals surface area contributed by atoms with Gasteiger partial charge >= 0.3 is 0 Å². The van der Waals surface area contributed by atoms with Gasteiger partial charge in [0.1, 0.15) is 5.65 Å². The number of benzene rings is 1. The average Bonchev–Trinajstić information content (AvgIpc) is 3.04. The molecule has 0 aliphatic heterocycles. The molecule has 2 aromatic heterocycles. The first-order valence-corrected chi connectivity index (χ1v) is 10.3. The van der Waals surface area contributed by atoms with Crippen LogP contribution in [-0.2, 0) is 11.2 Å². The highest BCUT2D eigenvalue weighted by Gasteiger charge is 2.18. The highest BCUT2D eigenvalue weighted by molar-refractivity contribution is 5.82. The molecule has 3 rings (SSSR count). The number of carbonyl (C=O) groups excluding carboxylic acids is 1. The number of pyridine rings is 1. The number of unbranched alkanes of at least 4 members (excludes halogenated alkanes) is 3. The minimum absolute atomic E-state index is 0.0601. The summed E-state index contributed by atoms with van der Waals surface area (Å²) in [6.07, 6.45) is 6.97. The van der Waals surface area contributed by atoms with Crippen molar-refractivity contribution in [1.82, 2.24) is 14.7 Å². The lowest BCUT2D eigenvalue weighted by molar-refractivity contribution is -0.120. The van der Waals surface area contributed by atoms with Crippen molar-refractivity contribution in [2.24, 2.45) is 0 Å². The number of nitrogens with zero attached hydrogens (tertiary/aromatic N) is 2. The normalized spacial score (nSPS) is 11.1. The van der Waals surface area contributed by atoms with E-state index in [9.17, 15) is 4.79 Å². The van der Waals surface area contributed by atoms with E-state index in [1.54, 1.807) is 0 Å². The van der Waals surface area contributed by atoms with Gasteiger partial charge < -0.3 is 9.72 Å². The number of aryl methyl sites for hydroxylation is 3. The van der Waals surface area contributed by atoms with Crippen molar-refractivity contribution in [3.05, 3.63) is 58.9 Å². The first-order valence-electron chi connectivity index (χ1n) is 10.3. The second-order valence-electron chi connectivity index (χ2n) is 7.68. The molecule has 0 saturated carbocycles. The van der Waals surface area contributed by atoms with E-state index in [0.29, 0.717) is 6.42 Å². The van der Waals surface area contributed by atoms with E-state index in [1.807, 2.05) is 12.3 Å². The third kappa shape index (κ3) is 4.44. The number of fused-ring (bicyclic) bond motifs is 1. The maximum atomic E-state index is 12.6. The fourth-order valence-electron chi connectivity index (χ4n) is 3.54. The van der Waals surface area contributed by atoms with E-state index in [4.69, 9.17) is 4.98 Å². The van der Waals surface area contributed by atoms with Crippen LogP contribution in [0.25, 0.3) is 16.9 Å². The van der Waals surface area contributed by atoms with Crippen molar-refractivity contribution in [2.45, 2.75) is 59.8 Å².